The molecule has 0 bridgehead atoms. The van der Waals surface area contributed by atoms with Crippen molar-refractivity contribution in [1.82, 2.24) is 4.90 Å². The molecule has 51 valence electrons. The highest BCUT2D eigenvalue weighted by Gasteiger charge is 2.17. The van der Waals surface area contributed by atoms with Gasteiger partial charge in [-0.3, -0.25) is 0 Å². The average Bonchev–Trinajstić information content (AvgIpc) is 2.37. The third-order valence-electron chi connectivity index (χ3n) is 1.49. The van der Waals surface area contributed by atoms with E-state index in [1.54, 1.807) is 4.90 Å². The number of hydrogen-bond acceptors (Lipinski definition) is 2. The van der Waals surface area contributed by atoms with E-state index in [9.17, 15) is 4.79 Å². The summed E-state index contributed by atoms with van der Waals surface area (Å²) >= 11 is 0. The van der Waals surface area contributed by atoms with Gasteiger partial charge >= 0.3 is 6.09 Å². The normalized spacial score (nSPS) is 18.1. The summed E-state index contributed by atoms with van der Waals surface area (Å²) in [6.45, 7) is 1.66. The van der Waals surface area contributed by atoms with Crippen molar-refractivity contribution in [3.63, 3.8) is 0 Å². The number of nitrogens with zero attached hydrogens (tertiary/aromatic N) is 1. The van der Waals surface area contributed by atoms with Crippen LogP contribution in [-0.2, 0) is 4.74 Å². The quantitative estimate of drug-likeness (QED) is 0.487. The number of carbonyl (C=O) groups excluding carboxylic acids is 1. The van der Waals surface area contributed by atoms with E-state index >= 15 is 0 Å². The SMILES string of the molecule is [CH2]OC(=O)N1CCCC1. The minimum absolute atomic E-state index is 0.299. The molecule has 1 amide bonds. The summed E-state index contributed by atoms with van der Waals surface area (Å²) < 4.78 is 4.27. The minimum atomic E-state index is -0.299. The lowest BCUT2D eigenvalue weighted by atomic mass is 10.4. The number of carbonyl (C=O) groups is 1. The summed E-state index contributed by atoms with van der Waals surface area (Å²) in [5.74, 6) is 0. The largest absolute Gasteiger partial charge is 0.446 e. The maximum absolute atomic E-state index is 10.7. The van der Waals surface area contributed by atoms with Gasteiger partial charge in [-0.2, -0.15) is 0 Å². The zero-order chi connectivity index (χ0) is 6.69. The van der Waals surface area contributed by atoms with Crippen LogP contribution in [0.25, 0.3) is 0 Å². The topological polar surface area (TPSA) is 29.5 Å². The Balaban J connectivity index is 2.32. The smallest absolute Gasteiger partial charge is 0.409 e. The van der Waals surface area contributed by atoms with Crippen molar-refractivity contribution in [2.45, 2.75) is 12.8 Å². The van der Waals surface area contributed by atoms with Gasteiger partial charge in [0, 0.05) is 13.1 Å². The molecule has 1 fully saturated rings. The van der Waals surface area contributed by atoms with Crippen LogP contribution in [0.2, 0.25) is 0 Å². The van der Waals surface area contributed by atoms with E-state index in [-0.39, 0.29) is 6.09 Å². The lowest BCUT2D eigenvalue weighted by Crippen LogP contribution is -2.26. The summed E-state index contributed by atoms with van der Waals surface area (Å²) in [5.41, 5.74) is 0. The molecule has 0 saturated carbocycles. The molecule has 1 heterocycles. The second-order valence-electron chi connectivity index (χ2n) is 2.10. The Kier molecular flexibility index (Phi) is 1.92. The number of likely N-dealkylation sites (tertiary alicyclic amines) is 1. The lowest BCUT2D eigenvalue weighted by Gasteiger charge is -2.11. The minimum Gasteiger partial charge on any atom is -0.446 e. The van der Waals surface area contributed by atoms with Crippen molar-refractivity contribution in [1.29, 1.82) is 0 Å². The van der Waals surface area contributed by atoms with Gasteiger partial charge in [0.25, 0.3) is 0 Å². The van der Waals surface area contributed by atoms with E-state index in [2.05, 4.69) is 11.8 Å². The van der Waals surface area contributed by atoms with Crippen LogP contribution in [0.5, 0.6) is 0 Å². The van der Waals surface area contributed by atoms with Gasteiger partial charge in [-0.05, 0) is 12.8 Å². The zero-order valence-electron chi connectivity index (χ0n) is 5.30. The third-order valence-corrected chi connectivity index (χ3v) is 1.49. The van der Waals surface area contributed by atoms with E-state index in [0.29, 0.717) is 0 Å². The Morgan fingerprint density at radius 1 is 1.44 bits per heavy atom. The fourth-order valence-corrected chi connectivity index (χ4v) is 0.991. The molecule has 0 N–H and O–H groups in total. The Hall–Kier alpha value is -0.730. The van der Waals surface area contributed by atoms with Gasteiger partial charge in [0.05, 0.1) is 0 Å². The van der Waals surface area contributed by atoms with Crippen molar-refractivity contribution >= 4 is 6.09 Å². The Morgan fingerprint density at radius 2 is 2.00 bits per heavy atom. The molecule has 0 aromatic heterocycles. The standard InChI is InChI=1S/C6H10NO2/c1-9-6(8)7-4-2-3-5-7/h1-5H2. The molecular weight excluding hydrogens is 118 g/mol. The van der Waals surface area contributed by atoms with Gasteiger partial charge < -0.3 is 9.64 Å². The van der Waals surface area contributed by atoms with Crippen molar-refractivity contribution in [2.75, 3.05) is 13.1 Å². The summed E-state index contributed by atoms with van der Waals surface area (Å²) in [7, 11) is 3.04. The molecule has 0 atom stereocenters. The van der Waals surface area contributed by atoms with Crippen molar-refractivity contribution in [3.8, 4) is 0 Å². The summed E-state index contributed by atoms with van der Waals surface area (Å²) in [4.78, 5) is 12.3. The van der Waals surface area contributed by atoms with Crippen LogP contribution in [-0.4, -0.2) is 24.1 Å². The number of rotatable bonds is 0. The summed E-state index contributed by atoms with van der Waals surface area (Å²) in [6, 6.07) is 0. The fourth-order valence-electron chi connectivity index (χ4n) is 0.991. The van der Waals surface area contributed by atoms with E-state index in [0.717, 1.165) is 25.9 Å². The van der Waals surface area contributed by atoms with Gasteiger partial charge in [0.15, 0.2) is 0 Å². The van der Waals surface area contributed by atoms with Crippen LogP contribution in [0.15, 0.2) is 0 Å². The molecule has 9 heavy (non-hydrogen) atoms. The van der Waals surface area contributed by atoms with E-state index in [4.69, 9.17) is 0 Å². The van der Waals surface area contributed by atoms with Crippen molar-refractivity contribution in [3.05, 3.63) is 7.11 Å². The molecular formula is C6H10NO2. The molecule has 0 spiro atoms. The highest BCUT2D eigenvalue weighted by atomic mass is 16.5. The van der Waals surface area contributed by atoms with Crippen LogP contribution in [0.1, 0.15) is 12.8 Å². The maximum atomic E-state index is 10.7. The van der Waals surface area contributed by atoms with Crippen molar-refractivity contribution in [2.24, 2.45) is 0 Å². The Bertz CT molecular complexity index is 108. The second kappa shape index (κ2) is 2.71. The number of amides is 1. The van der Waals surface area contributed by atoms with Gasteiger partial charge in [-0.1, -0.05) is 0 Å². The molecule has 0 aromatic rings. The number of ether oxygens (including phenoxy) is 1. The highest BCUT2D eigenvalue weighted by molar-refractivity contribution is 5.67. The molecule has 1 aliphatic heterocycles. The Labute approximate surface area is 54.6 Å². The molecule has 3 nitrogen and oxygen atoms in total. The van der Waals surface area contributed by atoms with Crippen LogP contribution in [0, 0.1) is 7.11 Å². The first-order valence-corrected chi connectivity index (χ1v) is 3.05. The molecule has 1 saturated heterocycles. The van der Waals surface area contributed by atoms with E-state index in [1.807, 2.05) is 0 Å². The highest BCUT2D eigenvalue weighted by Crippen LogP contribution is 2.07. The van der Waals surface area contributed by atoms with E-state index < -0.39 is 0 Å². The summed E-state index contributed by atoms with van der Waals surface area (Å²) in [6.07, 6.45) is 1.89. The molecule has 1 rings (SSSR count). The van der Waals surface area contributed by atoms with Crippen LogP contribution in [0.4, 0.5) is 4.79 Å². The number of hydrogen-bond donors (Lipinski definition) is 0. The molecule has 3 heteroatoms. The molecule has 0 aliphatic carbocycles. The molecule has 0 unspecified atom stereocenters. The maximum Gasteiger partial charge on any atom is 0.409 e. The van der Waals surface area contributed by atoms with E-state index in [1.165, 1.54) is 0 Å². The fraction of sp³-hybridized carbons (Fsp3) is 0.667. The average molecular weight is 128 g/mol. The van der Waals surface area contributed by atoms with Crippen molar-refractivity contribution < 1.29 is 9.53 Å². The first-order chi connectivity index (χ1) is 4.34. The van der Waals surface area contributed by atoms with Gasteiger partial charge in [-0.25, -0.2) is 4.79 Å². The molecule has 1 aliphatic rings. The Morgan fingerprint density at radius 3 is 2.44 bits per heavy atom. The molecule has 0 aromatic carbocycles. The summed E-state index contributed by atoms with van der Waals surface area (Å²) in [5, 5.41) is 0. The third kappa shape index (κ3) is 1.34. The van der Waals surface area contributed by atoms with Gasteiger partial charge in [-0.15, -0.1) is 0 Å². The predicted octanol–water partition coefficient (Wildman–Crippen LogP) is 1.01. The monoisotopic (exact) mass is 128 g/mol. The zero-order valence-corrected chi connectivity index (χ0v) is 5.30. The van der Waals surface area contributed by atoms with Crippen LogP contribution >= 0.6 is 0 Å². The lowest BCUT2D eigenvalue weighted by molar-refractivity contribution is 0.145. The predicted molar refractivity (Wildman–Crippen MR) is 32.6 cm³/mol. The van der Waals surface area contributed by atoms with Gasteiger partial charge in [0.1, 0.15) is 7.11 Å². The van der Waals surface area contributed by atoms with Crippen LogP contribution < -0.4 is 0 Å². The van der Waals surface area contributed by atoms with Gasteiger partial charge in [0.2, 0.25) is 0 Å². The molecule has 1 radical (unpaired) electrons. The second-order valence-corrected chi connectivity index (χ2v) is 2.10. The van der Waals surface area contributed by atoms with Crippen LogP contribution in [0.3, 0.4) is 0 Å². The first kappa shape index (κ1) is 6.39. The first-order valence-electron chi connectivity index (χ1n) is 3.05.